The summed E-state index contributed by atoms with van der Waals surface area (Å²) in [5, 5.41) is 12.0. The van der Waals surface area contributed by atoms with E-state index >= 15 is 0 Å². The number of amides is 1. The highest BCUT2D eigenvalue weighted by molar-refractivity contribution is 7.89. The fraction of sp³-hybridized carbons (Fsp3) is 0.400. The summed E-state index contributed by atoms with van der Waals surface area (Å²) in [6, 6.07) is 11.6. The summed E-state index contributed by atoms with van der Waals surface area (Å²) in [4.78, 5) is 12.4. The summed E-state index contributed by atoms with van der Waals surface area (Å²) in [6.07, 6.45) is 1.32. The average Bonchev–Trinajstić information content (AvgIpc) is 3.40. The number of nitrogens with one attached hydrogen (secondary N) is 1. The lowest BCUT2D eigenvalue weighted by Crippen LogP contribution is -2.38. The van der Waals surface area contributed by atoms with Gasteiger partial charge < -0.3 is 34.1 Å². The van der Waals surface area contributed by atoms with Crippen LogP contribution in [0.4, 0.5) is 0 Å². The Balaban J connectivity index is 1.44. The molecular weight excluding hydrogens is 504 g/mol. The summed E-state index contributed by atoms with van der Waals surface area (Å²) in [7, 11) is -0.886. The number of carbonyl (C=O) groups excluding carboxylic acids is 1. The molecule has 2 aliphatic heterocycles. The van der Waals surface area contributed by atoms with Gasteiger partial charge in [0.15, 0.2) is 17.3 Å². The average molecular weight is 535 g/mol. The predicted molar refractivity (Wildman–Crippen MR) is 132 cm³/mol. The molecular formula is C25H30N2O9S. The number of aliphatic hydroxyl groups is 1. The van der Waals surface area contributed by atoms with Crippen LogP contribution in [0.3, 0.4) is 0 Å². The van der Waals surface area contributed by atoms with Crippen molar-refractivity contribution < 1.29 is 42.0 Å². The van der Waals surface area contributed by atoms with Crippen LogP contribution in [-0.4, -0.2) is 77.3 Å². The van der Waals surface area contributed by atoms with E-state index in [0.29, 0.717) is 23.7 Å². The fourth-order valence-electron chi connectivity index (χ4n) is 4.06. The highest BCUT2D eigenvalue weighted by Crippen LogP contribution is 2.38. The van der Waals surface area contributed by atoms with E-state index in [0.717, 1.165) is 9.87 Å². The van der Waals surface area contributed by atoms with Gasteiger partial charge in [0.2, 0.25) is 23.1 Å². The topological polar surface area (TPSA) is 133 Å². The molecule has 2 aromatic rings. The molecule has 2 N–H and O–H groups in total. The number of benzene rings is 2. The first kappa shape index (κ1) is 26.7. The van der Waals surface area contributed by atoms with Gasteiger partial charge in [0, 0.05) is 32.5 Å². The SMILES string of the molecule is CNC(=O)C1=C[C@H](c2ccc3c(c2)OCO3)C[C@H](OCCN(CCO)S(=O)(=O)c2ccc(OC)cc2)O1. The van der Waals surface area contributed by atoms with E-state index in [2.05, 4.69) is 5.32 Å². The van der Waals surface area contributed by atoms with Crippen molar-refractivity contribution >= 4 is 15.9 Å². The molecule has 2 atom stereocenters. The molecule has 1 amide bonds. The molecule has 0 unspecified atom stereocenters. The van der Waals surface area contributed by atoms with Crippen LogP contribution in [0.2, 0.25) is 0 Å². The number of likely N-dealkylation sites (N-methyl/N-ethyl adjacent to an activating group) is 1. The third-order valence-corrected chi connectivity index (χ3v) is 7.94. The molecule has 37 heavy (non-hydrogen) atoms. The van der Waals surface area contributed by atoms with Crippen molar-refractivity contribution in [3.05, 3.63) is 59.9 Å². The van der Waals surface area contributed by atoms with E-state index in [9.17, 15) is 18.3 Å². The van der Waals surface area contributed by atoms with E-state index in [1.807, 2.05) is 18.2 Å². The Morgan fingerprint density at radius 2 is 1.89 bits per heavy atom. The molecule has 4 rings (SSSR count). The molecule has 0 aromatic heterocycles. The predicted octanol–water partition coefficient (Wildman–Crippen LogP) is 1.58. The van der Waals surface area contributed by atoms with Crippen molar-refractivity contribution in [1.82, 2.24) is 9.62 Å². The van der Waals surface area contributed by atoms with Crippen LogP contribution in [0.25, 0.3) is 0 Å². The van der Waals surface area contributed by atoms with E-state index in [1.54, 1.807) is 18.2 Å². The zero-order chi connectivity index (χ0) is 26.4. The van der Waals surface area contributed by atoms with Gasteiger partial charge >= 0.3 is 0 Å². The summed E-state index contributed by atoms with van der Waals surface area (Å²) in [5.74, 6) is 1.31. The number of fused-ring (bicyclic) bond motifs is 1. The second kappa shape index (κ2) is 11.8. The first-order valence-electron chi connectivity index (χ1n) is 11.7. The van der Waals surface area contributed by atoms with Crippen molar-refractivity contribution in [2.75, 3.05) is 47.3 Å². The summed E-state index contributed by atoms with van der Waals surface area (Å²) in [5.41, 5.74) is 0.895. The lowest BCUT2D eigenvalue weighted by molar-refractivity contribution is -0.146. The summed E-state index contributed by atoms with van der Waals surface area (Å²) >= 11 is 0. The monoisotopic (exact) mass is 534 g/mol. The lowest BCUT2D eigenvalue weighted by atomic mass is 9.92. The Morgan fingerprint density at radius 3 is 2.59 bits per heavy atom. The van der Waals surface area contributed by atoms with Gasteiger partial charge in [0.25, 0.3) is 5.91 Å². The number of nitrogens with zero attached hydrogens (tertiary/aromatic N) is 1. The van der Waals surface area contributed by atoms with E-state index in [4.69, 9.17) is 23.7 Å². The molecule has 11 nitrogen and oxygen atoms in total. The number of ether oxygens (including phenoxy) is 5. The van der Waals surface area contributed by atoms with Crippen molar-refractivity contribution in [2.45, 2.75) is 23.5 Å². The van der Waals surface area contributed by atoms with Gasteiger partial charge in [-0.3, -0.25) is 4.79 Å². The Bertz CT molecular complexity index is 1230. The van der Waals surface area contributed by atoms with Gasteiger partial charge in [-0.1, -0.05) is 6.07 Å². The molecule has 200 valence electrons. The van der Waals surface area contributed by atoms with E-state index < -0.39 is 22.2 Å². The third-order valence-electron chi connectivity index (χ3n) is 6.02. The number of carbonyl (C=O) groups is 1. The number of hydrogen-bond acceptors (Lipinski definition) is 9. The minimum absolute atomic E-state index is 0.0189. The van der Waals surface area contributed by atoms with Crippen LogP contribution in [0.1, 0.15) is 17.9 Å². The first-order valence-corrected chi connectivity index (χ1v) is 13.2. The highest BCUT2D eigenvalue weighted by atomic mass is 32.2. The maximum absolute atomic E-state index is 13.1. The molecule has 0 radical (unpaired) electrons. The molecule has 0 saturated heterocycles. The molecule has 2 aromatic carbocycles. The molecule has 2 heterocycles. The van der Waals surface area contributed by atoms with Crippen molar-refractivity contribution in [2.24, 2.45) is 0 Å². The largest absolute Gasteiger partial charge is 0.497 e. The molecule has 0 spiro atoms. The highest BCUT2D eigenvalue weighted by Gasteiger charge is 2.30. The zero-order valence-electron chi connectivity index (χ0n) is 20.6. The van der Waals surface area contributed by atoms with Crippen LogP contribution in [0.5, 0.6) is 17.2 Å². The molecule has 0 bridgehead atoms. The Hall–Kier alpha value is -3.32. The molecule has 0 aliphatic carbocycles. The Morgan fingerprint density at radius 1 is 1.14 bits per heavy atom. The standard InChI is InChI=1S/C25H30N2O9S/c1-26-25(29)23-14-18(17-3-8-21-22(13-17)35-16-34-21)15-24(36-23)33-12-10-27(9-11-28)37(30,31)20-6-4-19(32-2)5-7-20/h3-8,13-14,18,24,28H,9-12,15-16H2,1-2H3,(H,26,29)/t18-,24+/m0/s1. The number of sulfonamides is 1. The Labute approximate surface area is 215 Å². The zero-order valence-corrected chi connectivity index (χ0v) is 21.4. The summed E-state index contributed by atoms with van der Waals surface area (Å²) < 4.78 is 55.0. The van der Waals surface area contributed by atoms with Crippen molar-refractivity contribution in [3.8, 4) is 17.2 Å². The van der Waals surface area contributed by atoms with Crippen LogP contribution in [0, 0.1) is 0 Å². The number of aliphatic hydroxyl groups excluding tert-OH is 1. The summed E-state index contributed by atoms with van der Waals surface area (Å²) in [6.45, 7) is -0.351. The third kappa shape index (κ3) is 6.16. The molecule has 2 aliphatic rings. The quantitative estimate of drug-likeness (QED) is 0.441. The number of methoxy groups -OCH3 is 1. The molecule has 0 saturated carbocycles. The normalized spacial score (nSPS) is 18.8. The maximum atomic E-state index is 13.1. The van der Waals surface area contributed by atoms with Crippen LogP contribution in [0.15, 0.2) is 59.2 Å². The van der Waals surface area contributed by atoms with Gasteiger partial charge in [-0.25, -0.2) is 8.42 Å². The fourth-order valence-corrected chi connectivity index (χ4v) is 5.48. The maximum Gasteiger partial charge on any atom is 0.285 e. The minimum Gasteiger partial charge on any atom is -0.497 e. The minimum atomic E-state index is -3.88. The number of hydrogen-bond donors (Lipinski definition) is 2. The van der Waals surface area contributed by atoms with Crippen LogP contribution >= 0.6 is 0 Å². The van der Waals surface area contributed by atoms with Crippen LogP contribution in [-0.2, 0) is 24.3 Å². The molecule has 12 heteroatoms. The first-order chi connectivity index (χ1) is 17.8. The number of allylic oxidation sites excluding steroid dienone is 1. The number of rotatable bonds is 11. The van der Waals surface area contributed by atoms with Crippen molar-refractivity contribution in [3.63, 3.8) is 0 Å². The Kier molecular flexibility index (Phi) is 8.54. The lowest BCUT2D eigenvalue weighted by Gasteiger charge is -2.30. The van der Waals surface area contributed by atoms with Gasteiger partial charge in [-0.15, -0.1) is 0 Å². The van der Waals surface area contributed by atoms with Gasteiger partial charge in [-0.05, 0) is 48.0 Å². The van der Waals surface area contributed by atoms with E-state index in [1.165, 1.54) is 26.3 Å². The van der Waals surface area contributed by atoms with Crippen LogP contribution < -0.4 is 19.5 Å². The van der Waals surface area contributed by atoms with Gasteiger partial charge in [-0.2, -0.15) is 4.31 Å². The molecule has 0 fully saturated rings. The van der Waals surface area contributed by atoms with Gasteiger partial charge in [0.05, 0.1) is 25.2 Å². The second-order valence-corrected chi connectivity index (χ2v) is 10.2. The van der Waals surface area contributed by atoms with Gasteiger partial charge in [0.1, 0.15) is 5.75 Å². The van der Waals surface area contributed by atoms with Crippen molar-refractivity contribution in [1.29, 1.82) is 0 Å². The van der Waals surface area contributed by atoms with E-state index in [-0.39, 0.29) is 49.7 Å². The smallest absolute Gasteiger partial charge is 0.285 e. The second-order valence-electron chi connectivity index (χ2n) is 8.29.